The lowest BCUT2D eigenvalue weighted by molar-refractivity contribution is 0.595. The second-order valence-corrected chi connectivity index (χ2v) is 12.0. The van der Waals surface area contributed by atoms with E-state index in [0.29, 0.717) is 0 Å². The van der Waals surface area contributed by atoms with Gasteiger partial charge in [-0.25, -0.2) is 4.98 Å². The van der Waals surface area contributed by atoms with E-state index in [1.54, 1.807) is 0 Å². The molecule has 0 radical (unpaired) electrons. The third kappa shape index (κ3) is 4.06. The summed E-state index contributed by atoms with van der Waals surface area (Å²) in [6.45, 7) is 0. The van der Waals surface area contributed by atoms with Gasteiger partial charge in [-0.05, 0) is 75.1 Å². The minimum Gasteiger partial charge on any atom is -0.606 e. The van der Waals surface area contributed by atoms with Crippen LogP contribution in [-0.2, 0) is 11.2 Å². The summed E-state index contributed by atoms with van der Waals surface area (Å²) in [5.74, 6) is 0. The van der Waals surface area contributed by atoms with E-state index < -0.39 is 11.2 Å². The SMILES string of the molecule is [O-][S+](c1ccccc1)c1ccc(-c2ccc3c(c2)nc(-c2ccccc2)c2c4ccccc4c4ccccc4c32)cc1. The number of hydrogen-bond acceptors (Lipinski definition) is 2. The van der Waals surface area contributed by atoms with Crippen LogP contribution in [0.15, 0.2) is 161 Å². The van der Waals surface area contributed by atoms with Crippen LogP contribution in [0.4, 0.5) is 0 Å². The smallest absolute Gasteiger partial charge is 0.158 e. The van der Waals surface area contributed by atoms with Crippen LogP contribution < -0.4 is 0 Å². The molecule has 2 nitrogen and oxygen atoms in total. The average Bonchev–Trinajstić information content (AvgIpc) is 3.08. The molecule has 0 saturated heterocycles. The van der Waals surface area contributed by atoms with Crippen molar-refractivity contribution in [1.29, 1.82) is 0 Å². The maximum atomic E-state index is 13.1. The molecule has 0 N–H and O–H groups in total. The average molecular weight is 556 g/mol. The molecule has 0 amide bonds. The molecule has 3 heteroatoms. The summed E-state index contributed by atoms with van der Waals surface area (Å²) in [5.41, 5.74) is 5.19. The molecule has 42 heavy (non-hydrogen) atoms. The summed E-state index contributed by atoms with van der Waals surface area (Å²) in [6.07, 6.45) is 0. The highest BCUT2D eigenvalue weighted by atomic mass is 32.2. The third-order valence-electron chi connectivity index (χ3n) is 8.08. The summed E-state index contributed by atoms with van der Waals surface area (Å²) in [7, 11) is 0. The lowest BCUT2D eigenvalue weighted by Gasteiger charge is -2.17. The second kappa shape index (κ2) is 10.1. The standard InChI is InChI=1S/C39H25NOS/c41-42(29-13-5-2-6-14-29)30-22-19-26(20-23-30)28-21-24-35-36(25-28)40-39(27-11-3-1-4-12-27)38-34-18-10-8-16-32(34)31-15-7-9-17-33(31)37(35)38/h1-25H. The van der Waals surface area contributed by atoms with E-state index in [-0.39, 0.29) is 0 Å². The molecule has 0 spiro atoms. The van der Waals surface area contributed by atoms with Crippen molar-refractivity contribution in [2.24, 2.45) is 0 Å². The number of benzene rings is 7. The Morgan fingerprint density at radius 3 is 1.60 bits per heavy atom. The number of aromatic nitrogens is 1. The molecular formula is C39H25NOS. The highest BCUT2D eigenvalue weighted by molar-refractivity contribution is 7.91. The van der Waals surface area contributed by atoms with Crippen LogP contribution in [0.3, 0.4) is 0 Å². The number of pyridine rings is 1. The molecular weight excluding hydrogens is 531 g/mol. The summed E-state index contributed by atoms with van der Waals surface area (Å²) < 4.78 is 13.1. The zero-order chi connectivity index (χ0) is 28.0. The number of nitrogens with zero attached hydrogens (tertiary/aromatic N) is 1. The van der Waals surface area contributed by atoms with Gasteiger partial charge in [-0.2, -0.15) is 0 Å². The molecule has 1 unspecified atom stereocenters. The van der Waals surface area contributed by atoms with E-state index in [2.05, 4.69) is 103 Å². The fourth-order valence-corrected chi connectivity index (χ4v) is 7.17. The Balaban J connectivity index is 1.37. The van der Waals surface area contributed by atoms with Gasteiger partial charge in [0.15, 0.2) is 9.79 Å². The van der Waals surface area contributed by atoms with Crippen LogP contribution in [0.2, 0.25) is 0 Å². The molecule has 0 fully saturated rings. The Morgan fingerprint density at radius 1 is 0.405 bits per heavy atom. The Hall–Kier alpha value is -4.96. The van der Waals surface area contributed by atoms with Crippen molar-refractivity contribution in [2.75, 3.05) is 0 Å². The molecule has 0 saturated carbocycles. The summed E-state index contributed by atoms with van der Waals surface area (Å²) in [6, 6.07) is 52.1. The zero-order valence-corrected chi connectivity index (χ0v) is 23.5. The zero-order valence-electron chi connectivity index (χ0n) is 22.7. The van der Waals surface area contributed by atoms with E-state index >= 15 is 0 Å². The third-order valence-corrected chi connectivity index (χ3v) is 9.48. The Kier molecular flexibility index (Phi) is 5.99. The lowest BCUT2D eigenvalue weighted by atomic mass is 9.89. The van der Waals surface area contributed by atoms with Crippen LogP contribution in [0.25, 0.3) is 65.6 Å². The van der Waals surface area contributed by atoms with Gasteiger partial charge in [0, 0.05) is 32.9 Å². The fraction of sp³-hybridized carbons (Fsp3) is 0. The molecule has 1 atom stereocenters. The highest BCUT2D eigenvalue weighted by Gasteiger charge is 2.18. The molecule has 8 rings (SSSR count). The molecule has 7 aromatic carbocycles. The maximum absolute atomic E-state index is 13.1. The minimum absolute atomic E-state index is 0.791. The van der Waals surface area contributed by atoms with E-state index in [1.165, 1.54) is 32.3 Å². The van der Waals surface area contributed by atoms with Crippen molar-refractivity contribution in [2.45, 2.75) is 9.79 Å². The molecule has 0 bridgehead atoms. The summed E-state index contributed by atoms with van der Waals surface area (Å²) >= 11 is -1.21. The minimum atomic E-state index is -1.21. The van der Waals surface area contributed by atoms with Gasteiger partial charge in [-0.3, -0.25) is 0 Å². The second-order valence-electron chi connectivity index (χ2n) is 10.5. The van der Waals surface area contributed by atoms with Gasteiger partial charge < -0.3 is 4.55 Å². The number of fused-ring (bicyclic) bond motifs is 8. The molecule has 198 valence electrons. The predicted octanol–water partition coefficient (Wildman–Crippen LogP) is 10.2. The highest BCUT2D eigenvalue weighted by Crippen LogP contribution is 2.43. The first-order valence-electron chi connectivity index (χ1n) is 14.1. The Labute approximate surface area is 247 Å². The predicted molar refractivity (Wildman–Crippen MR) is 176 cm³/mol. The van der Waals surface area contributed by atoms with Crippen LogP contribution in [0.1, 0.15) is 0 Å². The quantitative estimate of drug-likeness (QED) is 0.160. The Morgan fingerprint density at radius 2 is 0.929 bits per heavy atom. The molecule has 1 aromatic heterocycles. The topological polar surface area (TPSA) is 36.0 Å². The van der Waals surface area contributed by atoms with Gasteiger partial charge in [0.2, 0.25) is 0 Å². The first-order valence-corrected chi connectivity index (χ1v) is 15.2. The molecule has 0 aliphatic rings. The van der Waals surface area contributed by atoms with Crippen molar-refractivity contribution in [3.8, 4) is 22.4 Å². The van der Waals surface area contributed by atoms with Crippen LogP contribution >= 0.6 is 0 Å². The molecule has 0 aliphatic carbocycles. The van der Waals surface area contributed by atoms with Gasteiger partial charge in [-0.15, -0.1) is 0 Å². The van der Waals surface area contributed by atoms with Crippen LogP contribution in [0.5, 0.6) is 0 Å². The largest absolute Gasteiger partial charge is 0.606 e. The Bertz CT molecular complexity index is 2240. The molecule has 1 heterocycles. The monoisotopic (exact) mass is 555 g/mol. The number of rotatable bonds is 4. The van der Waals surface area contributed by atoms with Crippen molar-refractivity contribution in [1.82, 2.24) is 4.98 Å². The van der Waals surface area contributed by atoms with Crippen molar-refractivity contribution in [3.05, 3.63) is 152 Å². The van der Waals surface area contributed by atoms with Gasteiger partial charge in [0.1, 0.15) is 0 Å². The van der Waals surface area contributed by atoms with Crippen molar-refractivity contribution >= 4 is 54.4 Å². The fourth-order valence-electron chi connectivity index (χ4n) is 6.11. The van der Waals surface area contributed by atoms with Gasteiger partial charge in [0.05, 0.1) is 11.2 Å². The summed E-state index contributed by atoms with van der Waals surface area (Å²) in [4.78, 5) is 6.95. The van der Waals surface area contributed by atoms with E-state index in [1.807, 2.05) is 48.5 Å². The van der Waals surface area contributed by atoms with Crippen LogP contribution in [-0.4, -0.2) is 9.54 Å². The summed E-state index contributed by atoms with van der Waals surface area (Å²) in [5, 5.41) is 8.48. The van der Waals surface area contributed by atoms with E-state index in [0.717, 1.165) is 43.1 Å². The molecule has 8 aromatic rings. The normalized spacial score (nSPS) is 12.3. The first kappa shape index (κ1) is 24.8. The van der Waals surface area contributed by atoms with E-state index in [9.17, 15) is 4.55 Å². The van der Waals surface area contributed by atoms with Crippen molar-refractivity contribution in [3.63, 3.8) is 0 Å². The number of hydrogen-bond donors (Lipinski definition) is 0. The van der Waals surface area contributed by atoms with Crippen LogP contribution in [0, 0.1) is 0 Å². The lowest BCUT2D eigenvalue weighted by Crippen LogP contribution is -2.01. The van der Waals surface area contributed by atoms with Gasteiger partial charge >= 0.3 is 0 Å². The van der Waals surface area contributed by atoms with Crippen molar-refractivity contribution < 1.29 is 4.55 Å². The van der Waals surface area contributed by atoms with E-state index in [4.69, 9.17) is 4.98 Å². The molecule has 0 aliphatic heterocycles. The van der Waals surface area contributed by atoms with Gasteiger partial charge in [-0.1, -0.05) is 109 Å². The van der Waals surface area contributed by atoms with Gasteiger partial charge in [0.25, 0.3) is 0 Å². The first-order chi connectivity index (χ1) is 20.8. The maximum Gasteiger partial charge on any atom is 0.158 e.